The molecule has 1 aliphatic carbocycles. The van der Waals surface area contributed by atoms with Crippen LogP contribution in [0.25, 0.3) is 33.4 Å². The van der Waals surface area contributed by atoms with Gasteiger partial charge in [0.2, 0.25) is 17.0 Å². The van der Waals surface area contributed by atoms with E-state index in [2.05, 4.69) is 94.2 Å². The fourth-order valence-corrected chi connectivity index (χ4v) is 20.0. The van der Waals surface area contributed by atoms with Crippen LogP contribution >= 0.6 is 170 Å². The molecule has 4 aromatic carbocycles. The number of allylic oxidation sites excluding steroid dienone is 8. The second-order valence-electron chi connectivity index (χ2n) is 23.3. The summed E-state index contributed by atoms with van der Waals surface area (Å²) in [5.41, 5.74) is 4.90. The van der Waals surface area contributed by atoms with Crippen LogP contribution in [-0.4, -0.2) is 91.0 Å². The van der Waals surface area contributed by atoms with Crippen molar-refractivity contribution in [3.05, 3.63) is 160 Å². The van der Waals surface area contributed by atoms with Gasteiger partial charge in [-0.3, -0.25) is 23.5 Å². The number of amides is 1. The van der Waals surface area contributed by atoms with Crippen molar-refractivity contribution in [1.29, 1.82) is 0 Å². The topological polar surface area (TPSA) is 238 Å². The zero-order valence-corrected chi connectivity index (χ0v) is 67.7. The predicted molar refractivity (Wildman–Crippen MR) is 419 cm³/mol. The molecule has 0 spiro atoms. The van der Waals surface area contributed by atoms with Gasteiger partial charge in [0.1, 0.15) is 28.2 Å². The van der Waals surface area contributed by atoms with Crippen molar-refractivity contribution in [3.63, 3.8) is 0 Å². The Balaban J connectivity index is 0.940. The highest BCUT2D eigenvalue weighted by Crippen LogP contribution is 2.54. The number of anilines is 1. The van der Waals surface area contributed by atoms with E-state index in [4.69, 9.17) is 44.0 Å². The number of fused-ring (bicyclic) bond motifs is 4. The molecule has 4 aliphatic rings. The highest BCUT2D eigenvalue weighted by molar-refractivity contribution is 14.1. The number of hydrogen-bond donors (Lipinski definition) is 4. The Morgan fingerprint density at radius 2 is 1.49 bits per heavy atom. The molecule has 496 valence electrons. The number of halogens is 9. The lowest BCUT2D eigenvalue weighted by Gasteiger charge is -2.35. The molecular weight excluding hydrogens is 1970 g/mol. The van der Waals surface area contributed by atoms with Gasteiger partial charge in [-0.15, -0.1) is 0 Å². The largest absolute Gasteiger partial charge is 0.506 e. The zero-order chi connectivity index (χ0) is 68.2. The molecule has 0 saturated carbocycles. The second kappa shape index (κ2) is 32.2. The third kappa shape index (κ3) is 17.2. The van der Waals surface area contributed by atoms with Crippen LogP contribution in [0.2, 0.25) is 15.1 Å². The van der Waals surface area contributed by atoms with Crippen molar-refractivity contribution in [1.82, 2.24) is 5.32 Å². The number of carbonyl (C=O) groups is 3. The molecule has 0 fully saturated rings. The van der Waals surface area contributed by atoms with Crippen molar-refractivity contribution in [2.24, 2.45) is 0 Å². The van der Waals surface area contributed by atoms with Gasteiger partial charge in [0.05, 0.1) is 59.6 Å². The first-order valence-electron chi connectivity index (χ1n) is 29.5. The van der Waals surface area contributed by atoms with Crippen molar-refractivity contribution in [2.75, 3.05) is 30.9 Å². The number of carbonyl (C=O) groups excluding carboxylic acids is 3. The van der Waals surface area contributed by atoms with Crippen LogP contribution in [0.1, 0.15) is 126 Å². The normalized spacial score (nSPS) is 16.5. The summed E-state index contributed by atoms with van der Waals surface area (Å²) in [4.78, 5) is 57.0. The van der Waals surface area contributed by atoms with Crippen LogP contribution in [0, 0.1) is 21.4 Å². The Bertz CT molecular complexity index is 4420. The Morgan fingerprint density at radius 1 is 0.796 bits per heavy atom. The third-order valence-electron chi connectivity index (χ3n) is 16.6. The average molecular weight is 2040 g/mol. The molecule has 0 saturated heterocycles. The molecule has 27 heteroatoms. The van der Waals surface area contributed by atoms with Gasteiger partial charge in [-0.2, -0.15) is 21.4 Å². The molecule has 0 bridgehead atoms. The summed E-state index contributed by atoms with van der Waals surface area (Å²) in [6.07, 6.45) is 18.1. The molecule has 93 heavy (non-hydrogen) atoms. The molecule has 2 atom stereocenters. The number of phenols is 1. The predicted octanol–water partition coefficient (Wildman–Crippen LogP) is 17.9. The van der Waals surface area contributed by atoms with Crippen molar-refractivity contribution in [3.8, 4) is 28.2 Å². The number of aromatic hydroxyl groups is 1. The SMILES string of the molecule is CCCCC(C(=O)NCCCC(=O)CCCCCOC(=O)c1c(Cl)cc(Cl)c(Cl)c1-c1c2cc(I)c(=O)c(I)c-2oc2c(I)c(O)c(I)cc12)N1\C(=C/C=C/C=C/C=C/C2=[N+](C)c3cc(I)cc(I)c3C2(C)C)C(C)(CCCCS(=O)(=O)O)c2cc(S(=O)(=O)O)ccc21. The van der Waals surface area contributed by atoms with Gasteiger partial charge in [0, 0.05) is 77.5 Å². The van der Waals surface area contributed by atoms with E-state index < -0.39 is 43.4 Å². The Hall–Kier alpha value is -2.52. The number of ether oxygens (including phenoxy) is 1. The first-order valence-corrected chi connectivity index (χ1v) is 40.2. The molecule has 8 rings (SSSR count). The zero-order valence-electron chi connectivity index (χ0n) is 50.9. The summed E-state index contributed by atoms with van der Waals surface area (Å²) >= 11 is 33.0. The molecular formula is C66H65Cl3I6N3O13S2+. The lowest BCUT2D eigenvalue weighted by Crippen LogP contribution is -2.47. The minimum atomic E-state index is -4.68. The van der Waals surface area contributed by atoms with E-state index in [1.807, 2.05) is 146 Å². The molecule has 3 heterocycles. The van der Waals surface area contributed by atoms with Crippen LogP contribution in [0.15, 0.2) is 111 Å². The van der Waals surface area contributed by atoms with E-state index in [1.54, 1.807) is 18.2 Å². The van der Waals surface area contributed by atoms with Gasteiger partial charge in [-0.25, -0.2) is 4.79 Å². The number of Topliss-reactive ketones (excluding diaryl/α,β-unsaturated/α-hetero) is 1. The lowest BCUT2D eigenvalue weighted by molar-refractivity contribution is -0.401. The molecule has 4 N–H and O–H groups in total. The Kier molecular flexibility index (Phi) is 26.4. The van der Waals surface area contributed by atoms with Gasteiger partial charge in [-0.05, 0) is 255 Å². The first-order chi connectivity index (χ1) is 43.7. The monoisotopic (exact) mass is 2040 g/mol. The highest BCUT2D eigenvalue weighted by Gasteiger charge is 2.48. The minimum Gasteiger partial charge on any atom is -0.506 e. The van der Waals surface area contributed by atoms with Gasteiger partial charge < -0.3 is 24.5 Å². The van der Waals surface area contributed by atoms with Crippen LogP contribution < -0.4 is 15.6 Å². The van der Waals surface area contributed by atoms with Gasteiger partial charge in [0.25, 0.3) is 20.2 Å². The molecule has 16 nitrogen and oxygen atoms in total. The van der Waals surface area contributed by atoms with E-state index in [9.17, 15) is 50.2 Å². The van der Waals surface area contributed by atoms with E-state index in [1.165, 1.54) is 33.0 Å². The third-order valence-corrected chi connectivity index (χ3v) is 24.4. The number of ketones is 1. The summed E-state index contributed by atoms with van der Waals surface area (Å²) in [7, 11) is -6.90. The van der Waals surface area contributed by atoms with Crippen molar-refractivity contribution < 1.29 is 59.2 Å². The lowest BCUT2D eigenvalue weighted by atomic mass is 9.77. The average Bonchev–Trinajstić information content (AvgIpc) is 1.59. The first kappa shape index (κ1) is 76.2. The molecule has 0 aromatic heterocycles. The van der Waals surface area contributed by atoms with Crippen LogP contribution in [0.4, 0.5) is 11.4 Å². The molecule has 4 aromatic rings. The van der Waals surface area contributed by atoms with Crippen molar-refractivity contribution in [2.45, 2.75) is 127 Å². The summed E-state index contributed by atoms with van der Waals surface area (Å²) in [6.45, 7) is 8.48. The fourth-order valence-electron chi connectivity index (χ4n) is 12.1. The number of unbranched alkanes of at least 4 members (excludes halogenated alkanes) is 4. The van der Waals surface area contributed by atoms with Crippen LogP contribution in [0.3, 0.4) is 0 Å². The smallest absolute Gasteiger partial charge is 0.340 e. The fraction of sp³-hybridized carbons (Fsp3) is 0.348. The van der Waals surface area contributed by atoms with Gasteiger partial charge in [0.15, 0.2) is 17.1 Å². The summed E-state index contributed by atoms with van der Waals surface area (Å²) in [6, 6.07) is 12.5. The maximum absolute atomic E-state index is 14.7. The molecule has 0 radical (unpaired) electrons. The van der Waals surface area contributed by atoms with Gasteiger partial charge in [-0.1, -0.05) is 91.4 Å². The van der Waals surface area contributed by atoms with Gasteiger partial charge >= 0.3 is 5.97 Å². The number of nitrogens with zero attached hydrogens (tertiary/aromatic N) is 2. The standard InChI is InChI=1S/C66H64Cl3I6N3O13S2/c1-6-7-21-48(78-47-25-24-38(93(87,88)89)32-41(47)66(4,26-15-17-29-92(84,85)86)51(78)23-14-10-8-9-13-22-50-65(2,3)55-44(71)30-36(70)31-49(55)77(50)5)63(82)76-27-18-20-37(79)19-12-11-16-28-90-64(83)53-42(67)35-43(68)56(69)54(53)52-39-33-45(72)59(80)57(74)61(39)91-62-40(52)34-46(73)60(81)58(62)75/h8-10,13-14,22-25,30-35,48H,6-7,11-12,15-21,26-29H2,1-5H3,(H3-,76,80,81,82,84,85,86,87,88,89)/p+1. The number of hydrogen-bond acceptors (Lipinski definition) is 12. The van der Waals surface area contributed by atoms with E-state index >= 15 is 0 Å². The number of phenolic OH excluding ortho intramolecular Hbond substituents is 1. The van der Waals surface area contributed by atoms with E-state index in [0.29, 0.717) is 89.1 Å². The molecule has 2 unspecified atom stereocenters. The summed E-state index contributed by atoms with van der Waals surface area (Å²) in [5.74, 6) is -1.43. The maximum atomic E-state index is 14.7. The Morgan fingerprint density at radius 3 is 2.19 bits per heavy atom. The summed E-state index contributed by atoms with van der Waals surface area (Å²) in [5, 5.41) is 14.5. The van der Waals surface area contributed by atoms with Crippen LogP contribution in [0.5, 0.6) is 5.75 Å². The number of esters is 1. The van der Waals surface area contributed by atoms with E-state index in [0.717, 1.165) is 15.7 Å². The number of nitrogens with one attached hydrogen (secondary N) is 1. The van der Waals surface area contributed by atoms with Crippen molar-refractivity contribution >= 4 is 236 Å². The highest BCUT2D eigenvalue weighted by atomic mass is 127. The quantitative estimate of drug-likeness (QED) is 0.00549. The number of benzene rings is 5. The number of rotatable bonds is 27. The summed E-state index contributed by atoms with van der Waals surface area (Å²) < 4.78 is 87.2. The second-order valence-corrected chi connectivity index (χ2v) is 34.4. The van der Waals surface area contributed by atoms with Crippen LogP contribution in [-0.2, 0) is 45.4 Å². The Labute approximate surface area is 638 Å². The molecule has 1 amide bonds. The van der Waals surface area contributed by atoms with E-state index in [-0.39, 0.29) is 113 Å². The minimum absolute atomic E-state index is 0.00217. The maximum Gasteiger partial charge on any atom is 0.340 e. The molecule has 3 aliphatic heterocycles.